The minimum absolute atomic E-state index is 0.324. The third-order valence-corrected chi connectivity index (χ3v) is 4.01. The van der Waals surface area contributed by atoms with Crippen LogP contribution in [0.2, 0.25) is 0 Å². The van der Waals surface area contributed by atoms with E-state index in [9.17, 15) is 0 Å². The number of amidine groups is 1. The molecule has 0 saturated carbocycles. The highest BCUT2D eigenvalue weighted by Crippen LogP contribution is 2.29. The highest BCUT2D eigenvalue weighted by atomic mass is 32.2. The van der Waals surface area contributed by atoms with Crippen LogP contribution < -0.4 is 5.32 Å². The van der Waals surface area contributed by atoms with Crippen molar-refractivity contribution in [1.82, 2.24) is 5.32 Å². The summed E-state index contributed by atoms with van der Waals surface area (Å²) in [6, 6.07) is 11.4. The van der Waals surface area contributed by atoms with Crippen molar-refractivity contribution in [3.05, 3.63) is 35.9 Å². The number of hydrogen-bond acceptors (Lipinski definition) is 3. The molecule has 2 unspecified atom stereocenters. The van der Waals surface area contributed by atoms with Crippen molar-refractivity contribution >= 4 is 16.9 Å². The fourth-order valence-electron chi connectivity index (χ4n) is 2.28. The van der Waals surface area contributed by atoms with Gasteiger partial charge in [-0.2, -0.15) is 0 Å². The van der Waals surface area contributed by atoms with Crippen LogP contribution in [-0.4, -0.2) is 17.0 Å². The van der Waals surface area contributed by atoms with Gasteiger partial charge >= 0.3 is 0 Å². The number of aliphatic imine (C=N–C) groups is 1. The molecule has 0 aromatic heterocycles. The summed E-state index contributed by atoms with van der Waals surface area (Å²) in [5.41, 5.74) is 1.32. The summed E-state index contributed by atoms with van der Waals surface area (Å²) in [7, 11) is 0. The first-order valence-electron chi connectivity index (χ1n) is 6.67. The van der Waals surface area contributed by atoms with Crippen molar-refractivity contribution in [2.24, 2.45) is 10.9 Å². The fraction of sp³-hybridized carbons (Fsp3) is 0.533. The van der Waals surface area contributed by atoms with Gasteiger partial charge in [0, 0.05) is 11.8 Å². The molecule has 1 aliphatic heterocycles. The third-order valence-electron chi connectivity index (χ3n) is 3.03. The zero-order valence-electron chi connectivity index (χ0n) is 11.4. The van der Waals surface area contributed by atoms with Crippen LogP contribution in [0.4, 0.5) is 0 Å². The van der Waals surface area contributed by atoms with E-state index in [0.29, 0.717) is 12.1 Å². The van der Waals surface area contributed by atoms with E-state index < -0.39 is 0 Å². The van der Waals surface area contributed by atoms with Crippen molar-refractivity contribution in [3.8, 4) is 0 Å². The predicted molar refractivity (Wildman–Crippen MR) is 81.1 cm³/mol. The Morgan fingerprint density at radius 3 is 2.67 bits per heavy atom. The lowest BCUT2D eigenvalue weighted by Crippen LogP contribution is -2.30. The number of thioether (sulfide) groups is 1. The van der Waals surface area contributed by atoms with Crippen LogP contribution in [-0.2, 0) is 0 Å². The number of rotatable bonds is 4. The molecule has 1 aromatic rings. The van der Waals surface area contributed by atoms with Crippen LogP contribution in [0.1, 0.15) is 38.8 Å². The first kappa shape index (κ1) is 13.5. The highest BCUT2D eigenvalue weighted by Gasteiger charge is 2.20. The summed E-state index contributed by atoms with van der Waals surface area (Å²) in [5.74, 6) is 1.78. The van der Waals surface area contributed by atoms with Gasteiger partial charge in [-0.05, 0) is 24.8 Å². The molecule has 1 heterocycles. The van der Waals surface area contributed by atoms with Crippen LogP contribution >= 0.6 is 11.8 Å². The Kier molecular flexibility index (Phi) is 4.70. The molecule has 18 heavy (non-hydrogen) atoms. The molecule has 0 saturated heterocycles. The number of nitrogens with zero attached hydrogens (tertiary/aromatic N) is 1. The van der Waals surface area contributed by atoms with Crippen molar-refractivity contribution in [3.63, 3.8) is 0 Å². The highest BCUT2D eigenvalue weighted by molar-refractivity contribution is 8.14. The van der Waals surface area contributed by atoms with Gasteiger partial charge in [-0.3, -0.25) is 4.99 Å². The molecule has 2 nitrogen and oxygen atoms in total. The van der Waals surface area contributed by atoms with Crippen molar-refractivity contribution < 1.29 is 0 Å². The molecule has 2 atom stereocenters. The average molecular weight is 262 g/mol. The number of benzene rings is 1. The van der Waals surface area contributed by atoms with E-state index >= 15 is 0 Å². The van der Waals surface area contributed by atoms with Gasteiger partial charge in [0.1, 0.15) is 0 Å². The molecule has 0 spiro atoms. The van der Waals surface area contributed by atoms with Crippen LogP contribution in [0.25, 0.3) is 0 Å². The van der Waals surface area contributed by atoms with Crippen molar-refractivity contribution in [2.45, 2.75) is 39.3 Å². The van der Waals surface area contributed by atoms with Gasteiger partial charge in [-0.15, -0.1) is 0 Å². The lowest BCUT2D eigenvalue weighted by atomic mass is 10.1. The summed E-state index contributed by atoms with van der Waals surface area (Å²) in [4.78, 5) is 4.77. The average Bonchev–Trinajstić information content (AvgIpc) is 2.77. The summed E-state index contributed by atoms with van der Waals surface area (Å²) >= 11 is 1.84. The number of hydrogen-bond donors (Lipinski definition) is 1. The van der Waals surface area contributed by atoms with E-state index in [1.807, 2.05) is 11.8 Å². The molecule has 98 valence electrons. The van der Waals surface area contributed by atoms with E-state index in [1.54, 1.807) is 0 Å². The second kappa shape index (κ2) is 6.28. The molecule has 2 rings (SSSR count). The topological polar surface area (TPSA) is 24.4 Å². The first-order valence-corrected chi connectivity index (χ1v) is 7.66. The molecule has 0 radical (unpaired) electrons. The molecular formula is C15H22N2S. The Morgan fingerprint density at radius 1 is 1.28 bits per heavy atom. The summed E-state index contributed by atoms with van der Waals surface area (Å²) in [6.45, 7) is 6.75. The van der Waals surface area contributed by atoms with E-state index in [4.69, 9.17) is 4.99 Å². The van der Waals surface area contributed by atoms with Gasteiger partial charge in [0.25, 0.3) is 0 Å². The maximum atomic E-state index is 4.77. The minimum Gasteiger partial charge on any atom is -0.362 e. The Morgan fingerprint density at radius 2 is 2.00 bits per heavy atom. The molecular weight excluding hydrogens is 240 g/mol. The van der Waals surface area contributed by atoms with Gasteiger partial charge in [0.15, 0.2) is 5.17 Å². The van der Waals surface area contributed by atoms with Crippen molar-refractivity contribution in [2.75, 3.05) is 5.75 Å². The van der Waals surface area contributed by atoms with Crippen LogP contribution in [0.5, 0.6) is 0 Å². The second-order valence-electron chi connectivity index (χ2n) is 5.35. The molecule has 0 amide bonds. The Balaban J connectivity index is 1.92. The predicted octanol–water partition coefficient (Wildman–Crippen LogP) is 3.85. The lowest BCUT2D eigenvalue weighted by molar-refractivity contribution is 0.492. The largest absolute Gasteiger partial charge is 0.362 e. The summed E-state index contributed by atoms with van der Waals surface area (Å²) in [6.07, 6.45) is 1.19. The Hall–Kier alpha value is -0.960. The monoisotopic (exact) mass is 262 g/mol. The molecule has 0 fully saturated rings. The molecule has 0 aliphatic carbocycles. The normalized spacial score (nSPS) is 20.9. The SMILES string of the molecule is CC(C)CC(C)NC1=NC(c2ccccc2)CS1. The zero-order valence-corrected chi connectivity index (χ0v) is 12.2. The van der Waals surface area contributed by atoms with E-state index in [0.717, 1.165) is 16.8 Å². The molecule has 1 aliphatic rings. The standard InChI is InChI=1S/C15H22N2S/c1-11(2)9-12(3)16-15-17-14(10-18-15)13-7-5-4-6-8-13/h4-8,11-12,14H,9-10H2,1-3H3,(H,16,17). The van der Waals surface area contributed by atoms with Crippen LogP contribution in [0.15, 0.2) is 35.3 Å². The molecule has 0 bridgehead atoms. The minimum atomic E-state index is 0.324. The van der Waals surface area contributed by atoms with E-state index in [1.165, 1.54) is 12.0 Å². The van der Waals surface area contributed by atoms with E-state index in [2.05, 4.69) is 56.4 Å². The van der Waals surface area contributed by atoms with E-state index in [-0.39, 0.29) is 0 Å². The molecule has 1 aromatic carbocycles. The van der Waals surface area contributed by atoms with Gasteiger partial charge in [-0.1, -0.05) is 55.9 Å². The lowest BCUT2D eigenvalue weighted by Gasteiger charge is -2.16. The quantitative estimate of drug-likeness (QED) is 0.891. The van der Waals surface area contributed by atoms with Crippen molar-refractivity contribution in [1.29, 1.82) is 0 Å². The smallest absolute Gasteiger partial charge is 0.157 e. The van der Waals surface area contributed by atoms with Gasteiger partial charge in [-0.25, -0.2) is 0 Å². The van der Waals surface area contributed by atoms with Gasteiger partial charge in [0.05, 0.1) is 6.04 Å². The van der Waals surface area contributed by atoms with Gasteiger partial charge < -0.3 is 5.32 Å². The summed E-state index contributed by atoms with van der Waals surface area (Å²) < 4.78 is 0. The van der Waals surface area contributed by atoms with Gasteiger partial charge in [0.2, 0.25) is 0 Å². The summed E-state index contributed by atoms with van der Waals surface area (Å²) in [5, 5.41) is 4.63. The maximum Gasteiger partial charge on any atom is 0.157 e. The molecule has 3 heteroatoms. The van der Waals surface area contributed by atoms with Crippen LogP contribution in [0, 0.1) is 5.92 Å². The third kappa shape index (κ3) is 3.77. The maximum absolute atomic E-state index is 4.77. The Bertz CT molecular complexity index is 400. The fourth-order valence-corrected chi connectivity index (χ4v) is 3.34. The second-order valence-corrected chi connectivity index (χ2v) is 6.36. The van der Waals surface area contributed by atoms with Crippen LogP contribution in [0.3, 0.4) is 0 Å². The Labute approximate surface area is 114 Å². The first-order chi connectivity index (χ1) is 8.65. The molecule has 1 N–H and O–H groups in total. The number of nitrogens with one attached hydrogen (secondary N) is 1. The zero-order chi connectivity index (χ0) is 13.0.